The van der Waals surface area contributed by atoms with Crippen LogP contribution < -0.4 is 5.32 Å². The second kappa shape index (κ2) is 46.2. The molecule has 1 saturated heterocycles. The van der Waals surface area contributed by atoms with E-state index in [4.69, 9.17) is 9.47 Å². The van der Waals surface area contributed by atoms with E-state index in [-0.39, 0.29) is 12.5 Å². The quantitative estimate of drug-likeness (QED) is 0.0261. The first-order valence-electron chi connectivity index (χ1n) is 27.7. The Bertz CT molecular complexity index is 1110. The maximum absolute atomic E-state index is 13.0. The van der Waals surface area contributed by atoms with Crippen molar-refractivity contribution < 1.29 is 39.8 Å². The number of ether oxygens (including phenoxy) is 2. The number of aliphatic hydroxyl groups is 5. The number of hydrogen-bond donors (Lipinski definition) is 6. The fraction of sp³-hybridized carbons (Fsp3) is 0.875. The first-order valence-corrected chi connectivity index (χ1v) is 27.7. The zero-order valence-electron chi connectivity index (χ0n) is 42.3. The summed E-state index contributed by atoms with van der Waals surface area (Å²) in [7, 11) is 0. The summed E-state index contributed by atoms with van der Waals surface area (Å²) in [6.07, 6.45) is 52.1. The summed E-state index contributed by atoms with van der Waals surface area (Å²) in [5.41, 5.74) is 0. The highest BCUT2D eigenvalue weighted by atomic mass is 16.7. The number of carbonyl (C=O) groups is 1. The molecule has 9 heteroatoms. The third-order valence-electron chi connectivity index (χ3n) is 13.2. The van der Waals surface area contributed by atoms with Crippen LogP contribution in [0.15, 0.2) is 36.5 Å². The number of unbranched alkanes of at least 4 members (excludes halogenated alkanes) is 33. The largest absolute Gasteiger partial charge is 0.394 e. The SMILES string of the molecule is CCCCCCCC/C=C\CCCCCCCCCC(=O)NC(COC1OC(CO)C(O)C(O)C1O)C(O)/C=C/CC/C=C/CCCCCCCCCCCCCCCCCCCCC. The molecule has 7 atom stereocenters. The number of amides is 1. The van der Waals surface area contributed by atoms with Crippen LogP contribution in [0.3, 0.4) is 0 Å². The van der Waals surface area contributed by atoms with Crippen molar-refractivity contribution in [3.8, 4) is 0 Å². The molecule has 1 heterocycles. The van der Waals surface area contributed by atoms with Crippen molar-refractivity contribution in [2.24, 2.45) is 0 Å². The van der Waals surface area contributed by atoms with Gasteiger partial charge < -0.3 is 40.3 Å². The molecule has 1 aliphatic heterocycles. The molecule has 1 fully saturated rings. The van der Waals surface area contributed by atoms with Crippen molar-refractivity contribution in [3.63, 3.8) is 0 Å². The minimum Gasteiger partial charge on any atom is -0.394 e. The lowest BCUT2D eigenvalue weighted by molar-refractivity contribution is -0.302. The van der Waals surface area contributed by atoms with Crippen LogP contribution >= 0.6 is 0 Å². The lowest BCUT2D eigenvalue weighted by atomic mass is 9.99. The van der Waals surface area contributed by atoms with Gasteiger partial charge in [0.05, 0.1) is 25.4 Å². The maximum atomic E-state index is 13.0. The second-order valence-corrected chi connectivity index (χ2v) is 19.4. The normalized spacial score (nSPS) is 20.1. The van der Waals surface area contributed by atoms with Crippen LogP contribution in [0.4, 0.5) is 0 Å². The molecule has 0 aromatic heterocycles. The number of allylic oxidation sites excluding steroid dienone is 5. The molecular formula is C56H105NO8. The molecule has 0 aromatic rings. The standard InChI is InChI=1S/C56H105NO8/c1-3-5-7-9-11-13-15-17-19-21-22-23-24-25-26-27-28-30-31-33-35-37-39-41-43-45-50(59)49(48-64-56-55(63)54(62)53(61)51(47-58)65-56)57-52(60)46-44-42-40-38-36-34-32-29-20-18-16-14-12-10-8-6-4-2/h18,20,35,37,43,45,49-51,53-56,58-59,61-63H,3-17,19,21-34,36,38-42,44,46-48H2,1-2H3,(H,57,60)/b20-18-,37-35+,45-43+. The molecule has 0 saturated carbocycles. The predicted octanol–water partition coefficient (Wildman–Crippen LogP) is 13.2. The summed E-state index contributed by atoms with van der Waals surface area (Å²) < 4.78 is 11.2. The molecule has 1 amide bonds. The summed E-state index contributed by atoms with van der Waals surface area (Å²) in [5, 5.41) is 54.4. The van der Waals surface area contributed by atoms with E-state index in [0.717, 1.165) is 51.4 Å². The van der Waals surface area contributed by atoms with E-state index < -0.39 is 49.5 Å². The van der Waals surface area contributed by atoms with Gasteiger partial charge in [0.2, 0.25) is 5.91 Å². The minimum absolute atomic E-state index is 0.189. The Kier molecular flexibility index (Phi) is 43.6. The molecule has 0 spiro atoms. The highest BCUT2D eigenvalue weighted by molar-refractivity contribution is 5.76. The number of nitrogens with one attached hydrogen (secondary N) is 1. The summed E-state index contributed by atoms with van der Waals surface area (Å²) in [4.78, 5) is 13.0. The van der Waals surface area contributed by atoms with Gasteiger partial charge in [-0.05, 0) is 57.8 Å². The van der Waals surface area contributed by atoms with Crippen LogP contribution in [0.2, 0.25) is 0 Å². The summed E-state index contributed by atoms with van der Waals surface area (Å²) in [6, 6.07) is -0.823. The number of hydrogen-bond acceptors (Lipinski definition) is 8. The number of carbonyl (C=O) groups excluding carboxylic acids is 1. The first kappa shape index (κ1) is 61.4. The lowest BCUT2D eigenvalue weighted by Crippen LogP contribution is -2.60. The third-order valence-corrected chi connectivity index (χ3v) is 13.2. The second-order valence-electron chi connectivity index (χ2n) is 19.4. The van der Waals surface area contributed by atoms with Crippen molar-refractivity contribution in [1.82, 2.24) is 5.32 Å². The van der Waals surface area contributed by atoms with Crippen molar-refractivity contribution >= 4 is 5.91 Å². The van der Waals surface area contributed by atoms with Crippen molar-refractivity contribution in [3.05, 3.63) is 36.5 Å². The highest BCUT2D eigenvalue weighted by Gasteiger charge is 2.44. The monoisotopic (exact) mass is 920 g/mol. The summed E-state index contributed by atoms with van der Waals surface area (Å²) >= 11 is 0. The molecular weight excluding hydrogens is 815 g/mol. The molecule has 0 bridgehead atoms. The fourth-order valence-corrected chi connectivity index (χ4v) is 8.76. The van der Waals surface area contributed by atoms with Gasteiger partial charge in [0.1, 0.15) is 24.4 Å². The molecule has 7 unspecified atom stereocenters. The van der Waals surface area contributed by atoms with E-state index in [9.17, 15) is 30.3 Å². The van der Waals surface area contributed by atoms with E-state index in [1.165, 1.54) is 186 Å². The van der Waals surface area contributed by atoms with Gasteiger partial charge >= 0.3 is 0 Å². The van der Waals surface area contributed by atoms with Gasteiger partial charge in [-0.15, -0.1) is 0 Å². The fourth-order valence-electron chi connectivity index (χ4n) is 8.76. The van der Waals surface area contributed by atoms with Gasteiger partial charge in [0.25, 0.3) is 0 Å². The molecule has 65 heavy (non-hydrogen) atoms. The topological polar surface area (TPSA) is 149 Å². The average Bonchev–Trinajstić information content (AvgIpc) is 3.31. The van der Waals surface area contributed by atoms with Crippen LogP contribution in [0, 0.1) is 0 Å². The molecule has 0 radical (unpaired) electrons. The molecule has 1 aliphatic rings. The molecule has 382 valence electrons. The Labute approximate surface area is 400 Å². The van der Waals surface area contributed by atoms with Gasteiger partial charge in [-0.25, -0.2) is 0 Å². The Morgan fingerprint density at radius 1 is 0.508 bits per heavy atom. The number of rotatable bonds is 47. The van der Waals surface area contributed by atoms with E-state index in [0.29, 0.717) is 6.42 Å². The Hall–Kier alpha value is -1.59. The molecule has 0 aromatic carbocycles. The Balaban J connectivity index is 2.27. The van der Waals surface area contributed by atoms with Gasteiger partial charge in [0.15, 0.2) is 6.29 Å². The van der Waals surface area contributed by atoms with Gasteiger partial charge in [-0.1, -0.05) is 230 Å². The van der Waals surface area contributed by atoms with Gasteiger partial charge in [0, 0.05) is 6.42 Å². The number of aliphatic hydroxyl groups excluding tert-OH is 5. The smallest absolute Gasteiger partial charge is 0.220 e. The summed E-state index contributed by atoms with van der Waals surface area (Å²) in [5.74, 6) is -0.189. The molecule has 9 nitrogen and oxygen atoms in total. The van der Waals surface area contributed by atoms with Gasteiger partial charge in [-0.2, -0.15) is 0 Å². The first-order chi connectivity index (χ1) is 31.8. The maximum Gasteiger partial charge on any atom is 0.220 e. The van der Waals surface area contributed by atoms with Crippen LogP contribution in [0.1, 0.15) is 258 Å². The van der Waals surface area contributed by atoms with Crippen LogP contribution in [-0.2, 0) is 14.3 Å². The van der Waals surface area contributed by atoms with Crippen LogP contribution in [-0.4, -0.2) is 87.5 Å². The highest BCUT2D eigenvalue weighted by Crippen LogP contribution is 2.23. The van der Waals surface area contributed by atoms with Crippen molar-refractivity contribution in [1.29, 1.82) is 0 Å². The van der Waals surface area contributed by atoms with Crippen molar-refractivity contribution in [2.75, 3.05) is 13.2 Å². The van der Waals surface area contributed by atoms with E-state index in [1.807, 2.05) is 6.08 Å². The molecule has 0 aliphatic carbocycles. The van der Waals surface area contributed by atoms with Crippen molar-refractivity contribution in [2.45, 2.75) is 301 Å². The van der Waals surface area contributed by atoms with E-state index >= 15 is 0 Å². The lowest BCUT2D eigenvalue weighted by Gasteiger charge is -2.40. The van der Waals surface area contributed by atoms with E-state index in [2.05, 4.69) is 43.5 Å². The Morgan fingerprint density at radius 3 is 1.29 bits per heavy atom. The van der Waals surface area contributed by atoms with Crippen LogP contribution in [0.5, 0.6) is 0 Å². The van der Waals surface area contributed by atoms with Crippen LogP contribution in [0.25, 0.3) is 0 Å². The molecule has 6 N–H and O–H groups in total. The zero-order valence-corrected chi connectivity index (χ0v) is 42.3. The van der Waals surface area contributed by atoms with Gasteiger partial charge in [-0.3, -0.25) is 4.79 Å². The minimum atomic E-state index is -1.57. The predicted molar refractivity (Wildman–Crippen MR) is 272 cm³/mol. The third kappa shape index (κ3) is 36.1. The summed E-state index contributed by atoms with van der Waals surface area (Å²) in [6.45, 7) is 3.78. The molecule has 1 rings (SSSR count). The zero-order chi connectivity index (χ0) is 47.3. The van der Waals surface area contributed by atoms with E-state index in [1.54, 1.807) is 6.08 Å². The Morgan fingerprint density at radius 2 is 0.877 bits per heavy atom. The average molecular weight is 920 g/mol.